The van der Waals surface area contributed by atoms with E-state index in [0.29, 0.717) is 11.1 Å². The Hall–Kier alpha value is -3.47. The van der Waals surface area contributed by atoms with Crippen molar-refractivity contribution >= 4 is 11.8 Å². The molecule has 0 spiro atoms. The molecule has 5 heteroatoms. The number of benzene rings is 2. The maximum absolute atomic E-state index is 13.0. The van der Waals surface area contributed by atoms with Crippen molar-refractivity contribution in [3.63, 3.8) is 0 Å². The Morgan fingerprint density at radius 2 is 1.52 bits per heavy atom. The summed E-state index contributed by atoms with van der Waals surface area (Å²) in [6.45, 7) is 0. The van der Waals surface area contributed by atoms with E-state index < -0.39 is 17.4 Å². The van der Waals surface area contributed by atoms with Gasteiger partial charge in [-0.3, -0.25) is 4.79 Å². The topological polar surface area (TPSA) is 73.6 Å². The van der Waals surface area contributed by atoms with Gasteiger partial charge in [-0.2, -0.15) is 0 Å². The van der Waals surface area contributed by atoms with Gasteiger partial charge in [0.15, 0.2) is 5.78 Å². The van der Waals surface area contributed by atoms with Crippen molar-refractivity contribution in [2.45, 2.75) is 0 Å². The lowest BCUT2D eigenvalue weighted by molar-refractivity contribution is 0.0596. The number of carbonyl (C=O) groups is 2. The van der Waals surface area contributed by atoms with E-state index in [4.69, 9.17) is 9.15 Å². The first-order valence-corrected chi connectivity index (χ1v) is 7.53. The molecule has 0 bridgehead atoms. The molecule has 0 N–H and O–H groups in total. The van der Waals surface area contributed by atoms with Gasteiger partial charge < -0.3 is 9.15 Å². The predicted octanol–water partition coefficient (Wildman–Crippen LogP) is 3.32. The summed E-state index contributed by atoms with van der Waals surface area (Å²) in [4.78, 5) is 37.1. The first-order chi connectivity index (χ1) is 12.1. The van der Waals surface area contributed by atoms with E-state index >= 15 is 0 Å². The standard InChI is InChI=1S/C20H14O5/c1-24-20(23)15-12-16(21)25-19(14-10-6-3-7-11-14)17(15)18(22)13-8-4-2-5-9-13/h2-12H,1H3. The first kappa shape index (κ1) is 16.4. The van der Waals surface area contributed by atoms with Crippen molar-refractivity contribution in [1.29, 1.82) is 0 Å². The minimum atomic E-state index is -0.774. The van der Waals surface area contributed by atoms with Crippen molar-refractivity contribution < 1.29 is 18.7 Å². The van der Waals surface area contributed by atoms with Gasteiger partial charge in [0.05, 0.1) is 18.2 Å². The highest BCUT2D eigenvalue weighted by atomic mass is 16.5. The fourth-order valence-corrected chi connectivity index (χ4v) is 2.52. The summed E-state index contributed by atoms with van der Waals surface area (Å²) in [5.74, 6) is -1.16. The van der Waals surface area contributed by atoms with Gasteiger partial charge >= 0.3 is 11.6 Å². The van der Waals surface area contributed by atoms with Gasteiger partial charge in [0, 0.05) is 17.2 Å². The second-order valence-corrected chi connectivity index (χ2v) is 5.24. The molecule has 5 nitrogen and oxygen atoms in total. The van der Waals surface area contributed by atoms with Crippen molar-refractivity contribution in [2.24, 2.45) is 0 Å². The van der Waals surface area contributed by atoms with Crippen LogP contribution < -0.4 is 5.63 Å². The van der Waals surface area contributed by atoms with Crippen LogP contribution in [-0.4, -0.2) is 18.9 Å². The maximum Gasteiger partial charge on any atom is 0.339 e. The molecule has 3 aromatic rings. The third-order valence-corrected chi connectivity index (χ3v) is 3.67. The third-order valence-electron chi connectivity index (χ3n) is 3.67. The first-order valence-electron chi connectivity index (χ1n) is 7.53. The van der Waals surface area contributed by atoms with Gasteiger partial charge in [-0.25, -0.2) is 9.59 Å². The summed E-state index contributed by atoms with van der Waals surface area (Å²) < 4.78 is 10.0. The lowest BCUT2D eigenvalue weighted by Gasteiger charge is -2.11. The number of methoxy groups -OCH3 is 1. The van der Waals surface area contributed by atoms with Crippen LogP contribution in [0, 0.1) is 0 Å². The summed E-state index contributed by atoms with van der Waals surface area (Å²) in [6, 6.07) is 18.1. The van der Waals surface area contributed by atoms with Crippen molar-refractivity contribution in [1.82, 2.24) is 0 Å². The van der Waals surface area contributed by atoms with Crippen LogP contribution in [0.4, 0.5) is 0 Å². The normalized spacial score (nSPS) is 10.3. The molecule has 3 rings (SSSR count). The van der Waals surface area contributed by atoms with E-state index in [1.165, 1.54) is 7.11 Å². The molecule has 0 unspecified atom stereocenters. The molecule has 0 amide bonds. The highest BCUT2D eigenvalue weighted by Gasteiger charge is 2.26. The molecule has 0 atom stereocenters. The lowest BCUT2D eigenvalue weighted by Crippen LogP contribution is -2.17. The molecule has 0 saturated carbocycles. The minimum absolute atomic E-state index is 0.00356. The number of ketones is 1. The Morgan fingerprint density at radius 1 is 0.920 bits per heavy atom. The van der Waals surface area contributed by atoms with Crippen LogP contribution in [0.3, 0.4) is 0 Å². The highest BCUT2D eigenvalue weighted by molar-refractivity contribution is 6.17. The third kappa shape index (κ3) is 3.26. The second kappa shape index (κ2) is 6.97. The largest absolute Gasteiger partial charge is 0.465 e. The molecule has 0 aliphatic rings. The van der Waals surface area contributed by atoms with E-state index in [2.05, 4.69) is 0 Å². The molecular weight excluding hydrogens is 320 g/mol. The van der Waals surface area contributed by atoms with Gasteiger partial charge in [-0.15, -0.1) is 0 Å². The summed E-state index contributed by atoms with van der Waals surface area (Å²) in [5, 5.41) is 0. The van der Waals surface area contributed by atoms with Crippen LogP contribution >= 0.6 is 0 Å². The Bertz CT molecular complexity index is 972. The van der Waals surface area contributed by atoms with E-state index in [9.17, 15) is 14.4 Å². The van der Waals surface area contributed by atoms with E-state index in [1.807, 2.05) is 0 Å². The fraction of sp³-hybridized carbons (Fsp3) is 0.0500. The molecule has 1 heterocycles. The average Bonchev–Trinajstić information content (AvgIpc) is 2.67. The Balaban J connectivity index is 2.32. The summed E-state index contributed by atoms with van der Waals surface area (Å²) >= 11 is 0. The van der Waals surface area contributed by atoms with Crippen molar-refractivity contribution in [3.8, 4) is 11.3 Å². The average molecular weight is 334 g/mol. The second-order valence-electron chi connectivity index (χ2n) is 5.24. The van der Waals surface area contributed by atoms with Crippen LogP contribution in [0.5, 0.6) is 0 Å². The van der Waals surface area contributed by atoms with Gasteiger partial charge in [0.25, 0.3) is 0 Å². The maximum atomic E-state index is 13.0. The Labute approximate surface area is 143 Å². The molecule has 0 radical (unpaired) electrons. The number of ether oxygens (including phenoxy) is 1. The van der Waals surface area contributed by atoms with Crippen molar-refractivity contribution in [3.05, 3.63) is 93.8 Å². The zero-order chi connectivity index (χ0) is 17.8. The number of hydrogen-bond donors (Lipinski definition) is 0. The zero-order valence-corrected chi connectivity index (χ0v) is 13.4. The number of hydrogen-bond acceptors (Lipinski definition) is 5. The molecule has 124 valence electrons. The predicted molar refractivity (Wildman–Crippen MR) is 91.6 cm³/mol. The number of esters is 1. The lowest BCUT2D eigenvalue weighted by atomic mass is 9.95. The highest BCUT2D eigenvalue weighted by Crippen LogP contribution is 2.27. The number of rotatable bonds is 4. The molecule has 0 aliphatic heterocycles. The zero-order valence-electron chi connectivity index (χ0n) is 13.4. The van der Waals surface area contributed by atoms with Gasteiger partial charge in [-0.05, 0) is 0 Å². The molecule has 0 aliphatic carbocycles. The smallest absolute Gasteiger partial charge is 0.339 e. The molecule has 25 heavy (non-hydrogen) atoms. The van der Waals surface area contributed by atoms with Crippen LogP contribution in [0.1, 0.15) is 26.3 Å². The molecular formula is C20H14O5. The number of carbonyl (C=O) groups excluding carboxylic acids is 2. The summed E-state index contributed by atoms with van der Waals surface area (Å²) in [6.07, 6.45) is 0. The van der Waals surface area contributed by atoms with Crippen LogP contribution in [0.2, 0.25) is 0 Å². The van der Waals surface area contributed by atoms with E-state index in [0.717, 1.165) is 6.07 Å². The van der Waals surface area contributed by atoms with Crippen molar-refractivity contribution in [2.75, 3.05) is 7.11 Å². The van der Waals surface area contributed by atoms with E-state index in [1.54, 1.807) is 60.7 Å². The minimum Gasteiger partial charge on any atom is -0.465 e. The Morgan fingerprint density at radius 3 is 2.12 bits per heavy atom. The van der Waals surface area contributed by atoms with Gasteiger partial charge in [0.2, 0.25) is 0 Å². The summed E-state index contributed by atoms with van der Waals surface area (Å²) in [5.41, 5.74) is 0.0440. The Kier molecular flexibility index (Phi) is 4.57. The molecule has 2 aromatic carbocycles. The molecule has 0 saturated heterocycles. The van der Waals surface area contributed by atoms with Gasteiger partial charge in [0.1, 0.15) is 5.76 Å². The molecule has 1 aromatic heterocycles. The van der Waals surface area contributed by atoms with Crippen LogP contribution in [-0.2, 0) is 4.74 Å². The molecule has 0 fully saturated rings. The van der Waals surface area contributed by atoms with E-state index in [-0.39, 0.29) is 16.9 Å². The summed E-state index contributed by atoms with van der Waals surface area (Å²) in [7, 11) is 1.19. The van der Waals surface area contributed by atoms with Crippen LogP contribution in [0.25, 0.3) is 11.3 Å². The SMILES string of the molecule is COC(=O)c1cc(=O)oc(-c2ccccc2)c1C(=O)c1ccccc1. The quantitative estimate of drug-likeness (QED) is 0.540. The van der Waals surface area contributed by atoms with Gasteiger partial charge in [-0.1, -0.05) is 60.7 Å². The fourth-order valence-electron chi connectivity index (χ4n) is 2.52. The van der Waals surface area contributed by atoms with Crippen LogP contribution in [0.15, 0.2) is 75.9 Å². The monoisotopic (exact) mass is 334 g/mol.